The van der Waals surface area contributed by atoms with Crippen molar-refractivity contribution in [1.29, 1.82) is 0 Å². The fraction of sp³-hybridized carbons (Fsp3) is 0.458. The summed E-state index contributed by atoms with van der Waals surface area (Å²) in [5.41, 5.74) is 2.93. The van der Waals surface area contributed by atoms with Crippen molar-refractivity contribution in [2.45, 2.75) is 62.6 Å². The molecule has 1 aliphatic carbocycles. The molecule has 1 amide bonds. The highest BCUT2D eigenvalue weighted by atomic mass is 35.5. The third-order valence-electron chi connectivity index (χ3n) is 7.34. The van der Waals surface area contributed by atoms with E-state index < -0.39 is 0 Å². The molecule has 5 atom stereocenters. The van der Waals surface area contributed by atoms with Crippen LogP contribution in [0.5, 0.6) is 0 Å². The second kappa shape index (κ2) is 7.26. The highest BCUT2D eigenvalue weighted by Gasteiger charge is 2.44. The summed E-state index contributed by atoms with van der Waals surface area (Å²) >= 11 is 8.36. The van der Waals surface area contributed by atoms with Crippen molar-refractivity contribution in [2.75, 3.05) is 7.05 Å². The maximum atomic E-state index is 13.1. The van der Waals surface area contributed by atoms with Crippen LogP contribution in [0.15, 0.2) is 29.6 Å². The average molecular weight is 453 g/mol. The first-order chi connectivity index (χ1) is 15.0. The van der Waals surface area contributed by atoms with Gasteiger partial charge in [-0.15, -0.1) is 11.3 Å². The molecule has 4 heterocycles. The Morgan fingerprint density at radius 2 is 2.06 bits per heavy atom. The number of carbonyl (C=O) groups excluding carboxylic acids is 1. The van der Waals surface area contributed by atoms with Crippen LogP contribution in [-0.4, -0.2) is 45.9 Å². The van der Waals surface area contributed by atoms with Gasteiger partial charge in [0.05, 0.1) is 5.69 Å². The van der Waals surface area contributed by atoms with Gasteiger partial charge in [0, 0.05) is 47.1 Å². The predicted molar refractivity (Wildman–Crippen MR) is 124 cm³/mol. The number of halogens is 1. The van der Waals surface area contributed by atoms with E-state index in [1.165, 1.54) is 6.42 Å². The van der Waals surface area contributed by atoms with Crippen molar-refractivity contribution in [3.05, 3.63) is 57.3 Å². The summed E-state index contributed by atoms with van der Waals surface area (Å²) in [6.45, 7) is 1.95. The smallest absolute Gasteiger partial charge is 0.253 e. The molecular formula is C24H25ClN4OS. The maximum absolute atomic E-state index is 13.1. The lowest BCUT2D eigenvalue weighted by Gasteiger charge is -2.30. The number of nitrogens with one attached hydrogen (secondary N) is 1. The van der Waals surface area contributed by atoms with Gasteiger partial charge in [0.25, 0.3) is 5.91 Å². The number of aromatic nitrogens is 2. The first-order valence-electron chi connectivity index (χ1n) is 11.0. The van der Waals surface area contributed by atoms with Crippen LogP contribution in [0, 0.1) is 6.92 Å². The first kappa shape index (κ1) is 19.6. The van der Waals surface area contributed by atoms with Crippen molar-refractivity contribution < 1.29 is 4.79 Å². The van der Waals surface area contributed by atoms with Crippen molar-refractivity contribution in [3.63, 3.8) is 0 Å². The zero-order valence-corrected chi connectivity index (χ0v) is 19.2. The van der Waals surface area contributed by atoms with E-state index in [0.29, 0.717) is 34.5 Å². The highest BCUT2D eigenvalue weighted by Crippen LogP contribution is 2.57. The quantitative estimate of drug-likeness (QED) is 0.612. The second-order valence-electron chi connectivity index (χ2n) is 9.25. The largest absolute Gasteiger partial charge is 0.337 e. The van der Waals surface area contributed by atoms with E-state index in [2.05, 4.69) is 21.7 Å². The van der Waals surface area contributed by atoms with Crippen LogP contribution in [0.1, 0.15) is 65.0 Å². The van der Waals surface area contributed by atoms with Gasteiger partial charge in [-0.1, -0.05) is 17.7 Å². The van der Waals surface area contributed by atoms with Gasteiger partial charge in [0.2, 0.25) is 0 Å². The Bertz CT molecular complexity index is 1190. The Kier molecular flexibility index (Phi) is 4.60. The van der Waals surface area contributed by atoms with Gasteiger partial charge in [-0.3, -0.25) is 4.79 Å². The predicted octanol–water partition coefficient (Wildman–Crippen LogP) is 4.89. The van der Waals surface area contributed by atoms with Crippen LogP contribution >= 0.6 is 22.9 Å². The number of hydrogen-bond donors (Lipinski definition) is 1. The van der Waals surface area contributed by atoms with Gasteiger partial charge in [-0.2, -0.15) is 0 Å². The number of rotatable bonds is 4. The lowest BCUT2D eigenvalue weighted by atomic mass is 9.94. The number of aryl methyl sites for hydroxylation is 1. The maximum Gasteiger partial charge on any atom is 0.253 e. The third-order valence-corrected chi connectivity index (χ3v) is 8.47. The van der Waals surface area contributed by atoms with Gasteiger partial charge in [0.1, 0.15) is 10.7 Å². The molecule has 1 N–H and O–H groups in total. The van der Waals surface area contributed by atoms with Crippen LogP contribution in [0.25, 0.3) is 10.2 Å². The Labute approximate surface area is 190 Å². The normalized spacial score (nSPS) is 28.9. The zero-order valence-electron chi connectivity index (χ0n) is 17.6. The Morgan fingerprint density at radius 1 is 1.19 bits per heavy atom. The second-order valence-corrected chi connectivity index (χ2v) is 10.5. The summed E-state index contributed by atoms with van der Waals surface area (Å²) < 4.78 is 0. The summed E-state index contributed by atoms with van der Waals surface area (Å²) in [4.78, 5) is 25.4. The van der Waals surface area contributed by atoms with Gasteiger partial charge < -0.3 is 10.2 Å². The average Bonchev–Trinajstić information content (AvgIpc) is 3.10. The van der Waals surface area contributed by atoms with Gasteiger partial charge >= 0.3 is 0 Å². The molecule has 7 heteroatoms. The molecule has 5 nitrogen and oxygen atoms in total. The minimum atomic E-state index is 0.0616. The summed E-state index contributed by atoms with van der Waals surface area (Å²) in [6.07, 6.45) is 4.48. The topological polar surface area (TPSA) is 58.1 Å². The lowest BCUT2D eigenvalue weighted by Crippen LogP contribution is -2.44. The molecule has 2 aliphatic heterocycles. The minimum Gasteiger partial charge on any atom is -0.337 e. The SMILES string of the molecule is Cc1nc([C@H]2C[C@@H]2c2ccc(C(=O)N(C)[C@H]3C[C@@H]4CC[C@H]3N4)cc2Cl)c2ccsc2n1. The molecule has 3 fully saturated rings. The number of carbonyl (C=O) groups is 1. The molecule has 6 rings (SSSR count). The van der Waals surface area contributed by atoms with Gasteiger partial charge in [-0.05, 0) is 67.7 Å². The van der Waals surface area contributed by atoms with Crippen molar-refractivity contribution in [2.24, 2.45) is 0 Å². The third kappa shape index (κ3) is 3.27. The Morgan fingerprint density at radius 3 is 2.81 bits per heavy atom. The molecule has 2 bridgehead atoms. The summed E-state index contributed by atoms with van der Waals surface area (Å²) in [5, 5.41) is 7.54. The number of amides is 1. The first-order valence-corrected chi connectivity index (χ1v) is 12.3. The molecule has 0 unspecified atom stereocenters. The molecular weight excluding hydrogens is 428 g/mol. The van der Waals surface area contributed by atoms with E-state index in [1.54, 1.807) is 11.3 Å². The number of nitrogens with zero attached hydrogens (tertiary/aromatic N) is 3. The van der Waals surface area contributed by atoms with Gasteiger partial charge in [0.15, 0.2) is 0 Å². The number of thiophene rings is 1. The van der Waals surface area contributed by atoms with E-state index in [1.807, 2.05) is 37.1 Å². The van der Waals surface area contributed by atoms with Crippen molar-refractivity contribution in [3.8, 4) is 0 Å². The monoisotopic (exact) mass is 452 g/mol. The summed E-state index contributed by atoms with van der Waals surface area (Å²) in [5.74, 6) is 1.59. The molecule has 2 aromatic heterocycles. The summed E-state index contributed by atoms with van der Waals surface area (Å²) in [7, 11) is 1.93. The lowest BCUT2D eigenvalue weighted by molar-refractivity contribution is 0.0709. The molecule has 160 valence electrons. The molecule has 3 aliphatic rings. The van der Waals surface area contributed by atoms with Gasteiger partial charge in [-0.25, -0.2) is 9.97 Å². The molecule has 1 saturated carbocycles. The molecule has 2 saturated heterocycles. The van der Waals surface area contributed by atoms with Crippen molar-refractivity contribution >= 4 is 39.1 Å². The highest BCUT2D eigenvalue weighted by molar-refractivity contribution is 7.16. The minimum absolute atomic E-state index is 0.0616. The fourth-order valence-electron chi connectivity index (χ4n) is 5.65. The van der Waals surface area contributed by atoms with Crippen LogP contribution < -0.4 is 5.32 Å². The molecule has 0 radical (unpaired) electrons. The van der Waals surface area contributed by atoms with E-state index >= 15 is 0 Å². The number of fused-ring (bicyclic) bond motifs is 3. The van der Waals surface area contributed by atoms with Crippen LogP contribution in [0.4, 0.5) is 0 Å². The Balaban J connectivity index is 1.22. The van der Waals surface area contributed by atoms with E-state index in [4.69, 9.17) is 16.6 Å². The van der Waals surface area contributed by atoms with Crippen LogP contribution in [-0.2, 0) is 0 Å². The molecule has 1 aromatic carbocycles. The van der Waals surface area contributed by atoms with E-state index in [9.17, 15) is 4.79 Å². The van der Waals surface area contributed by atoms with E-state index in [0.717, 1.165) is 46.6 Å². The van der Waals surface area contributed by atoms with Crippen LogP contribution in [0.3, 0.4) is 0 Å². The van der Waals surface area contributed by atoms with Crippen LogP contribution in [0.2, 0.25) is 5.02 Å². The molecule has 0 spiro atoms. The molecule has 31 heavy (non-hydrogen) atoms. The number of hydrogen-bond acceptors (Lipinski definition) is 5. The van der Waals surface area contributed by atoms with Crippen molar-refractivity contribution in [1.82, 2.24) is 20.2 Å². The van der Waals surface area contributed by atoms with E-state index in [-0.39, 0.29) is 11.9 Å². The molecule has 3 aromatic rings. The number of likely N-dealkylation sites (N-methyl/N-ethyl adjacent to an activating group) is 1. The number of benzene rings is 1. The summed E-state index contributed by atoms with van der Waals surface area (Å²) in [6, 6.07) is 9.26. The fourth-order valence-corrected chi connectivity index (χ4v) is 6.79. The zero-order chi connectivity index (χ0) is 21.3. The Hall–Kier alpha value is -2.02. The standard InChI is InChI=1S/C24H25ClN4OS/c1-12-26-22(16-7-8-31-23(16)27-12)18-11-17(18)15-5-3-13(9-19(15)25)24(30)29(2)21-10-14-4-6-20(21)28-14/h3,5,7-9,14,17-18,20-21,28H,4,6,10-11H2,1-2H3/t14-,17+,18-,20+,21-/m0/s1.